The summed E-state index contributed by atoms with van der Waals surface area (Å²) in [5, 5.41) is 2.74. The zero-order valence-electron chi connectivity index (χ0n) is 12.7. The van der Waals surface area contributed by atoms with E-state index in [2.05, 4.69) is 5.32 Å². The number of carbonyl (C=O) groups is 1. The number of nitrogens with zero attached hydrogens (tertiary/aromatic N) is 2. The lowest BCUT2D eigenvalue weighted by molar-refractivity contribution is 0.0948. The number of nitrogens with one attached hydrogen (secondary N) is 1. The first kappa shape index (κ1) is 14.8. The third-order valence-corrected chi connectivity index (χ3v) is 3.76. The number of hydrogen-bond donors (Lipinski definition) is 1. The summed E-state index contributed by atoms with van der Waals surface area (Å²) in [6.07, 6.45) is 1.54. The van der Waals surface area contributed by atoms with Crippen LogP contribution in [0.1, 0.15) is 16.1 Å². The molecule has 0 saturated heterocycles. The van der Waals surface area contributed by atoms with Gasteiger partial charge in [0.1, 0.15) is 5.76 Å². The highest BCUT2D eigenvalue weighted by atomic mass is 16.3. The van der Waals surface area contributed by atoms with Crippen LogP contribution in [0.25, 0.3) is 11.0 Å². The summed E-state index contributed by atoms with van der Waals surface area (Å²) in [5.74, 6) is 0.360. The third kappa shape index (κ3) is 2.57. The molecule has 1 N–H and O–H groups in total. The molecular formula is C16H15N3O4. The monoisotopic (exact) mass is 313 g/mol. The Morgan fingerprint density at radius 1 is 1.09 bits per heavy atom. The summed E-state index contributed by atoms with van der Waals surface area (Å²) in [6, 6.07) is 8.36. The van der Waals surface area contributed by atoms with Crippen LogP contribution in [0.4, 0.5) is 0 Å². The number of amides is 1. The molecule has 0 bridgehead atoms. The standard InChI is InChI=1S/C16H15N3O4/c1-18-12-6-5-10(8-13(12)19(2)16(22)15(18)21)14(20)17-9-11-4-3-7-23-11/h3-8H,9H2,1-2H3,(H,17,20). The third-order valence-electron chi connectivity index (χ3n) is 3.76. The summed E-state index contributed by atoms with van der Waals surface area (Å²) >= 11 is 0. The van der Waals surface area contributed by atoms with Crippen molar-refractivity contribution in [2.45, 2.75) is 6.54 Å². The Morgan fingerprint density at radius 3 is 2.43 bits per heavy atom. The maximum absolute atomic E-state index is 12.2. The maximum atomic E-state index is 12.2. The summed E-state index contributed by atoms with van der Waals surface area (Å²) < 4.78 is 7.69. The van der Waals surface area contributed by atoms with Crippen LogP contribution in [0.5, 0.6) is 0 Å². The Bertz CT molecular complexity index is 997. The minimum atomic E-state index is -0.631. The van der Waals surface area contributed by atoms with E-state index in [9.17, 15) is 14.4 Å². The predicted octanol–water partition coefficient (Wildman–Crippen LogP) is 0.760. The van der Waals surface area contributed by atoms with Crippen molar-refractivity contribution in [1.29, 1.82) is 0 Å². The molecule has 23 heavy (non-hydrogen) atoms. The number of hydrogen-bond acceptors (Lipinski definition) is 4. The molecule has 2 aromatic heterocycles. The average molecular weight is 313 g/mol. The van der Waals surface area contributed by atoms with E-state index < -0.39 is 11.1 Å². The minimum Gasteiger partial charge on any atom is -0.467 e. The van der Waals surface area contributed by atoms with E-state index in [4.69, 9.17) is 4.42 Å². The summed E-state index contributed by atoms with van der Waals surface area (Å²) in [4.78, 5) is 35.9. The van der Waals surface area contributed by atoms with Crippen LogP contribution < -0.4 is 16.4 Å². The summed E-state index contributed by atoms with van der Waals surface area (Å²) in [6.45, 7) is 0.274. The molecule has 1 amide bonds. The van der Waals surface area contributed by atoms with Gasteiger partial charge < -0.3 is 18.9 Å². The predicted molar refractivity (Wildman–Crippen MR) is 84.3 cm³/mol. The van der Waals surface area contributed by atoms with Crippen molar-refractivity contribution >= 4 is 16.9 Å². The molecule has 3 aromatic rings. The van der Waals surface area contributed by atoms with Crippen LogP contribution in [0.15, 0.2) is 50.6 Å². The number of benzene rings is 1. The maximum Gasteiger partial charge on any atom is 0.316 e. The topological polar surface area (TPSA) is 86.2 Å². The van der Waals surface area contributed by atoms with Gasteiger partial charge in [-0.3, -0.25) is 14.4 Å². The number of fused-ring (bicyclic) bond motifs is 1. The van der Waals surface area contributed by atoms with E-state index in [0.29, 0.717) is 22.4 Å². The van der Waals surface area contributed by atoms with Gasteiger partial charge in [0.15, 0.2) is 0 Å². The number of aryl methyl sites for hydroxylation is 2. The van der Waals surface area contributed by atoms with Gasteiger partial charge in [0.05, 0.1) is 23.8 Å². The zero-order valence-corrected chi connectivity index (χ0v) is 12.7. The molecule has 7 nitrogen and oxygen atoms in total. The first-order valence-electron chi connectivity index (χ1n) is 6.99. The molecule has 7 heteroatoms. The first-order chi connectivity index (χ1) is 11.0. The van der Waals surface area contributed by atoms with Gasteiger partial charge in [-0.2, -0.15) is 0 Å². The Hall–Kier alpha value is -3.09. The number of furan rings is 1. The van der Waals surface area contributed by atoms with Crippen molar-refractivity contribution in [1.82, 2.24) is 14.5 Å². The molecule has 0 aliphatic heterocycles. The van der Waals surface area contributed by atoms with Crippen molar-refractivity contribution in [2.75, 3.05) is 0 Å². The van der Waals surface area contributed by atoms with Gasteiger partial charge in [0.25, 0.3) is 5.91 Å². The van der Waals surface area contributed by atoms with E-state index in [0.717, 1.165) is 0 Å². The SMILES string of the molecule is Cn1c(=O)c(=O)n(C)c2cc(C(=O)NCc3ccco3)ccc21. The zero-order chi connectivity index (χ0) is 16.6. The molecule has 0 spiro atoms. The van der Waals surface area contributed by atoms with Crippen LogP contribution >= 0.6 is 0 Å². The van der Waals surface area contributed by atoms with Crippen molar-refractivity contribution in [2.24, 2.45) is 14.1 Å². The minimum absolute atomic E-state index is 0.274. The van der Waals surface area contributed by atoms with E-state index >= 15 is 0 Å². The van der Waals surface area contributed by atoms with E-state index in [-0.39, 0.29) is 12.5 Å². The van der Waals surface area contributed by atoms with Crippen LogP contribution in [0.3, 0.4) is 0 Å². The molecule has 118 valence electrons. The lowest BCUT2D eigenvalue weighted by Crippen LogP contribution is -2.39. The molecule has 3 rings (SSSR count). The smallest absolute Gasteiger partial charge is 0.316 e. The van der Waals surface area contributed by atoms with Crippen LogP contribution in [-0.4, -0.2) is 15.0 Å². The fraction of sp³-hybridized carbons (Fsp3) is 0.188. The molecule has 0 aliphatic carbocycles. The lowest BCUT2D eigenvalue weighted by atomic mass is 10.1. The molecule has 0 atom stereocenters. The summed E-state index contributed by atoms with van der Waals surface area (Å²) in [5.41, 5.74) is 0.267. The number of aromatic nitrogens is 2. The second-order valence-corrected chi connectivity index (χ2v) is 5.19. The van der Waals surface area contributed by atoms with Gasteiger partial charge in [-0.15, -0.1) is 0 Å². The lowest BCUT2D eigenvalue weighted by Gasteiger charge is -2.10. The number of carbonyl (C=O) groups excluding carboxylic acids is 1. The highest BCUT2D eigenvalue weighted by Gasteiger charge is 2.12. The molecule has 1 aromatic carbocycles. The second-order valence-electron chi connectivity index (χ2n) is 5.19. The Kier molecular flexibility index (Phi) is 3.61. The quantitative estimate of drug-likeness (QED) is 0.723. The van der Waals surface area contributed by atoms with E-state index in [1.165, 1.54) is 29.5 Å². The van der Waals surface area contributed by atoms with Gasteiger partial charge in [0, 0.05) is 19.7 Å². The molecular weight excluding hydrogens is 298 g/mol. The Balaban J connectivity index is 1.98. The Labute approximate surface area is 130 Å². The highest BCUT2D eigenvalue weighted by molar-refractivity contribution is 5.97. The highest BCUT2D eigenvalue weighted by Crippen LogP contribution is 2.12. The molecule has 0 fully saturated rings. The second kappa shape index (κ2) is 5.60. The molecule has 2 heterocycles. The fourth-order valence-corrected chi connectivity index (χ4v) is 2.41. The van der Waals surface area contributed by atoms with Crippen molar-refractivity contribution < 1.29 is 9.21 Å². The largest absolute Gasteiger partial charge is 0.467 e. The van der Waals surface area contributed by atoms with Crippen molar-refractivity contribution in [3.8, 4) is 0 Å². The van der Waals surface area contributed by atoms with Gasteiger partial charge in [0.2, 0.25) is 0 Å². The average Bonchev–Trinajstić information content (AvgIpc) is 3.08. The van der Waals surface area contributed by atoms with Gasteiger partial charge in [-0.05, 0) is 30.3 Å². The first-order valence-corrected chi connectivity index (χ1v) is 6.99. The normalized spacial score (nSPS) is 10.9. The molecule has 0 aliphatic rings. The van der Waals surface area contributed by atoms with Crippen molar-refractivity contribution in [3.05, 3.63) is 68.6 Å². The van der Waals surface area contributed by atoms with Crippen LogP contribution in [0, 0.1) is 0 Å². The Morgan fingerprint density at radius 2 is 1.78 bits per heavy atom. The number of rotatable bonds is 3. The molecule has 0 unspecified atom stereocenters. The summed E-state index contributed by atoms with van der Waals surface area (Å²) in [7, 11) is 3.04. The van der Waals surface area contributed by atoms with E-state index in [1.807, 2.05) is 0 Å². The fourth-order valence-electron chi connectivity index (χ4n) is 2.41. The van der Waals surface area contributed by atoms with Crippen LogP contribution in [0.2, 0.25) is 0 Å². The molecule has 0 radical (unpaired) electrons. The van der Waals surface area contributed by atoms with Gasteiger partial charge in [-0.1, -0.05) is 0 Å². The van der Waals surface area contributed by atoms with Crippen molar-refractivity contribution in [3.63, 3.8) is 0 Å². The van der Waals surface area contributed by atoms with Gasteiger partial charge >= 0.3 is 11.1 Å². The molecule has 0 saturated carbocycles. The van der Waals surface area contributed by atoms with Gasteiger partial charge in [-0.25, -0.2) is 0 Å². The van der Waals surface area contributed by atoms with Crippen LogP contribution in [-0.2, 0) is 20.6 Å². The van der Waals surface area contributed by atoms with E-state index in [1.54, 1.807) is 30.3 Å².